The third-order valence-electron chi connectivity index (χ3n) is 3.28. The van der Waals surface area contributed by atoms with E-state index in [4.69, 9.17) is 0 Å². The summed E-state index contributed by atoms with van der Waals surface area (Å²) in [6.07, 6.45) is 2.01. The minimum absolute atomic E-state index is 0.177. The van der Waals surface area contributed by atoms with Crippen LogP contribution in [0.3, 0.4) is 0 Å². The highest BCUT2D eigenvalue weighted by Crippen LogP contribution is 2.21. The molecule has 2 aromatic carbocycles. The third-order valence-corrected chi connectivity index (χ3v) is 3.78. The van der Waals surface area contributed by atoms with Crippen LogP contribution in [0.15, 0.2) is 53.1 Å². The lowest BCUT2D eigenvalue weighted by atomic mass is 10.2. The molecule has 96 valence electrons. The highest BCUT2D eigenvalue weighted by Gasteiger charge is 2.06. The van der Waals surface area contributed by atoms with E-state index < -0.39 is 0 Å². The molecule has 0 aliphatic rings. The maximum absolute atomic E-state index is 13.9. The van der Waals surface area contributed by atoms with Gasteiger partial charge in [-0.25, -0.2) is 4.39 Å². The van der Waals surface area contributed by atoms with Crippen molar-refractivity contribution in [3.63, 3.8) is 0 Å². The number of rotatable bonds is 2. The van der Waals surface area contributed by atoms with E-state index in [1.165, 1.54) is 17.0 Å². The molecule has 0 aliphatic carbocycles. The van der Waals surface area contributed by atoms with E-state index in [1.54, 1.807) is 0 Å². The zero-order chi connectivity index (χ0) is 13.4. The fraction of sp³-hybridized carbons (Fsp3) is 0.125. The highest BCUT2D eigenvalue weighted by molar-refractivity contribution is 9.10. The number of nitrogens with zero attached hydrogens (tertiary/aromatic N) is 1. The molecule has 0 fully saturated rings. The van der Waals surface area contributed by atoms with Crippen molar-refractivity contribution in [2.45, 2.75) is 13.5 Å². The van der Waals surface area contributed by atoms with Gasteiger partial charge in [-0.3, -0.25) is 0 Å². The fourth-order valence-electron chi connectivity index (χ4n) is 2.29. The smallest absolute Gasteiger partial charge is 0.129 e. The minimum atomic E-state index is -0.177. The van der Waals surface area contributed by atoms with Crippen LogP contribution in [0.5, 0.6) is 0 Å². The van der Waals surface area contributed by atoms with Gasteiger partial charge in [0.2, 0.25) is 0 Å². The lowest BCUT2D eigenvalue weighted by molar-refractivity contribution is 0.601. The first-order valence-corrected chi connectivity index (χ1v) is 6.92. The van der Waals surface area contributed by atoms with Crippen molar-refractivity contribution in [1.29, 1.82) is 0 Å². The first kappa shape index (κ1) is 12.4. The molecular formula is C16H13BrFN. The quantitative estimate of drug-likeness (QED) is 0.633. The van der Waals surface area contributed by atoms with Crippen molar-refractivity contribution in [2.75, 3.05) is 0 Å². The summed E-state index contributed by atoms with van der Waals surface area (Å²) < 4.78 is 16.7. The second kappa shape index (κ2) is 4.82. The van der Waals surface area contributed by atoms with Crippen molar-refractivity contribution in [2.24, 2.45) is 0 Å². The molecule has 3 heteroatoms. The number of fused-ring (bicyclic) bond motifs is 1. The number of hydrogen-bond acceptors (Lipinski definition) is 0. The molecule has 1 nitrogen and oxygen atoms in total. The predicted octanol–water partition coefficient (Wildman–Crippen LogP) is 4.90. The Morgan fingerprint density at radius 2 is 1.95 bits per heavy atom. The largest absolute Gasteiger partial charge is 0.343 e. The molecule has 0 spiro atoms. The average Bonchev–Trinajstić information content (AvgIpc) is 2.75. The number of aromatic nitrogens is 1. The standard InChI is InChI=1S/C16H13BrFN/c1-11-2-5-16-12(8-11)6-7-19(16)10-13-3-4-14(17)9-15(13)18/h2-9H,10H2,1H3. The van der Waals surface area contributed by atoms with E-state index in [0.29, 0.717) is 12.1 Å². The summed E-state index contributed by atoms with van der Waals surface area (Å²) in [6.45, 7) is 2.62. The monoisotopic (exact) mass is 317 g/mol. The van der Waals surface area contributed by atoms with Gasteiger partial charge in [-0.1, -0.05) is 33.6 Å². The van der Waals surface area contributed by atoms with Crippen molar-refractivity contribution in [3.05, 3.63) is 70.1 Å². The van der Waals surface area contributed by atoms with E-state index >= 15 is 0 Å². The number of halogens is 2. The lowest BCUT2D eigenvalue weighted by Crippen LogP contribution is -2.00. The van der Waals surface area contributed by atoms with Gasteiger partial charge < -0.3 is 4.57 Å². The summed E-state index contributed by atoms with van der Waals surface area (Å²) in [5.74, 6) is -0.177. The highest BCUT2D eigenvalue weighted by atomic mass is 79.9. The van der Waals surface area contributed by atoms with Crippen LogP contribution in [0.2, 0.25) is 0 Å². The molecule has 3 rings (SSSR count). The number of benzene rings is 2. The summed E-state index contributed by atoms with van der Waals surface area (Å²) >= 11 is 3.28. The topological polar surface area (TPSA) is 4.93 Å². The summed E-state index contributed by atoms with van der Waals surface area (Å²) in [6, 6.07) is 13.6. The zero-order valence-electron chi connectivity index (χ0n) is 10.5. The molecule has 0 N–H and O–H groups in total. The van der Waals surface area contributed by atoms with Crippen LogP contribution >= 0.6 is 15.9 Å². The Morgan fingerprint density at radius 3 is 2.74 bits per heavy atom. The molecule has 0 saturated carbocycles. The molecular weight excluding hydrogens is 305 g/mol. The second-order valence-electron chi connectivity index (χ2n) is 4.74. The molecule has 0 bridgehead atoms. The fourth-order valence-corrected chi connectivity index (χ4v) is 2.62. The Labute approximate surface area is 119 Å². The second-order valence-corrected chi connectivity index (χ2v) is 5.66. The summed E-state index contributed by atoms with van der Waals surface area (Å²) in [5.41, 5.74) is 3.06. The van der Waals surface area contributed by atoms with Gasteiger partial charge in [0, 0.05) is 21.7 Å². The van der Waals surface area contributed by atoms with Gasteiger partial charge in [-0.15, -0.1) is 0 Å². The molecule has 1 heterocycles. The van der Waals surface area contributed by atoms with Crippen LogP contribution in [-0.4, -0.2) is 4.57 Å². The van der Waals surface area contributed by atoms with Crippen molar-refractivity contribution < 1.29 is 4.39 Å². The van der Waals surface area contributed by atoms with Crippen molar-refractivity contribution in [3.8, 4) is 0 Å². The molecule has 0 radical (unpaired) electrons. The molecule has 0 saturated heterocycles. The van der Waals surface area contributed by atoms with Crippen LogP contribution in [0.1, 0.15) is 11.1 Å². The SMILES string of the molecule is Cc1ccc2c(ccn2Cc2ccc(Br)cc2F)c1. The van der Waals surface area contributed by atoms with Gasteiger partial charge in [0.05, 0.1) is 6.54 Å². The van der Waals surface area contributed by atoms with Gasteiger partial charge >= 0.3 is 0 Å². The van der Waals surface area contributed by atoms with Gasteiger partial charge in [-0.05, 0) is 42.6 Å². The molecule has 0 atom stereocenters. The van der Waals surface area contributed by atoms with Gasteiger partial charge in [-0.2, -0.15) is 0 Å². The van der Waals surface area contributed by atoms with Crippen LogP contribution < -0.4 is 0 Å². The summed E-state index contributed by atoms with van der Waals surface area (Å²) in [4.78, 5) is 0. The van der Waals surface area contributed by atoms with Crippen molar-refractivity contribution in [1.82, 2.24) is 4.57 Å². The van der Waals surface area contributed by atoms with Gasteiger partial charge in [0.25, 0.3) is 0 Å². The number of aryl methyl sites for hydroxylation is 1. The van der Waals surface area contributed by atoms with Crippen LogP contribution in [0.25, 0.3) is 10.9 Å². The Hall–Kier alpha value is -1.61. The Kier molecular flexibility index (Phi) is 3.15. The molecule has 0 aliphatic heterocycles. The van der Waals surface area contributed by atoms with E-state index in [2.05, 4.69) is 51.7 Å². The number of hydrogen-bond donors (Lipinski definition) is 0. The van der Waals surface area contributed by atoms with E-state index in [9.17, 15) is 4.39 Å². The van der Waals surface area contributed by atoms with Crippen LogP contribution in [-0.2, 0) is 6.54 Å². The first-order valence-electron chi connectivity index (χ1n) is 6.13. The zero-order valence-corrected chi connectivity index (χ0v) is 12.1. The van der Waals surface area contributed by atoms with Gasteiger partial charge in [0.1, 0.15) is 5.82 Å². The molecule has 19 heavy (non-hydrogen) atoms. The van der Waals surface area contributed by atoms with E-state index in [0.717, 1.165) is 9.99 Å². The normalized spacial score (nSPS) is 11.1. The first-order chi connectivity index (χ1) is 9.13. The van der Waals surface area contributed by atoms with Crippen LogP contribution in [0, 0.1) is 12.7 Å². The molecule has 3 aromatic rings. The lowest BCUT2D eigenvalue weighted by Gasteiger charge is -2.07. The Bertz CT molecular complexity index is 746. The average molecular weight is 318 g/mol. The molecule has 1 aromatic heterocycles. The van der Waals surface area contributed by atoms with E-state index in [-0.39, 0.29) is 5.82 Å². The summed E-state index contributed by atoms with van der Waals surface area (Å²) in [7, 11) is 0. The molecule has 0 amide bonds. The minimum Gasteiger partial charge on any atom is -0.343 e. The van der Waals surface area contributed by atoms with Gasteiger partial charge in [0.15, 0.2) is 0 Å². The maximum atomic E-state index is 13.9. The third kappa shape index (κ3) is 2.43. The molecule has 0 unspecified atom stereocenters. The maximum Gasteiger partial charge on any atom is 0.129 e. The van der Waals surface area contributed by atoms with E-state index in [1.807, 2.05) is 18.3 Å². The predicted molar refractivity (Wildman–Crippen MR) is 79.9 cm³/mol. The Balaban J connectivity index is 2.01. The Morgan fingerprint density at radius 1 is 1.11 bits per heavy atom. The van der Waals surface area contributed by atoms with Crippen LogP contribution in [0.4, 0.5) is 4.39 Å². The van der Waals surface area contributed by atoms with Crippen molar-refractivity contribution >= 4 is 26.8 Å². The summed E-state index contributed by atoms with van der Waals surface area (Å²) in [5, 5.41) is 1.19.